The molecule has 19 heteroatoms. The third-order valence-corrected chi connectivity index (χ3v) is 9.82. The molecule has 1 aliphatic heterocycles. The van der Waals surface area contributed by atoms with Crippen molar-refractivity contribution in [3.05, 3.63) is 99.8 Å². The van der Waals surface area contributed by atoms with E-state index in [9.17, 15) is 58.3 Å². The lowest BCUT2D eigenvalue weighted by Gasteiger charge is -2.32. The molecule has 2 aliphatic carbocycles. The molecule has 2 unspecified atom stereocenters. The summed E-state index contributed by atoms with van der Waals surface area (Å²) in [5.41, 5.74) is -4.70. The Hall–Kier alpha value is -5.20. The Labute approximate surface area is 291 Å². The van der Waals surface area contributed by atoms with Crippen LogP contribution in [0.2, 0.25) is 0 Å². The quantitative estimate of drug-likeness (QED) is 0.163. The summed E-state index contributed by atoms with van der Waals surface area (Å²) in [6, 6.07) is 4.04. The number of urea groups is 1. The van der Waals surface area contributed by atoms with Crippen molar-refractivity contribution in [2.24, 2.45) is 5.92 Å². The van der Waals surface area contributed by atoms with E-state index in [-0.39, 0.29) is 30.0 Å². The van der Waals surface area contributed by atoms with E-state index in [1.807, 2.05) is 10.0 Å². The van der Waals surface area contributed by atoms with Crippen LogP contribution >= 0.6 is 0 Å². The van der Waals surface area contributed by atoms with Gasteiger partial charge in [-0.05, 0) is 49.1 Å². The number of fused-ring (bicyclic) bond motifs is 1. The monoisotopic (exact) mass is 758 g/mol. The number of hydrogen-bond acceptors (Lipinski definition) is 7. The predicted molar refractivity (Wildman–Crippen MR) is 167 cm³/mol. The van der Waals surface area contributed by atoms with Gasteiger partial charge in [-0.25, -0.2) is 40.3 Å². The summed E-state index contributed by atoms with van der Waals surface area (Å²) < 4.78 is 132. The van der Waals surface area contributed by atoms with Gasteiger partial charge in [0.15, 0.2) is 23.3 Å². The zero-order valence-corrected chi connectivity index (χ0v) is 27.5. The van der Waals surface area contributed by atoms with Gasteiger partial charge in [-0.2, -0.15) is 13.2 Å². The van der Waals surface area contributed by atoms with Crippen molar-refractivity contribution in [2.75, 3.05) is 6.54 Å². The molecule has 11 nitrogen and oxygen atoms in total. The fourth-order valence-electron chi connectivity index (χ4n) is 5.90. The second-order valence-corrected chi connectivity index (χ2v) is 13.7. The molecule has 0 bridgehead atoms. The van der Waals surface area contributed by atoms with Crippen molar-refractivity contribution in [1.29, 1.82) is 0 Å². The number of carbonyl (C=O) groups is 4. The van der Waals surface area contributed by atoms with Crippen molar-refractivity contribution < 1.29 is 63.1 Å². The minimum atomic E-state index is -4.90. The Morgan fingerprint density at radius 1 is 0.865 bits per heavy atom. The first-order chi connectivity index (χ1) is 24.5. The number of halogens is 7. The summed E-state index contributed by atoms with van der Waals surface area (Å²) in [6.07, 6.45) is 0.741. The number of hydrogen-bond donors (Lipinski definition) is 4. The average Bonchev–Trinajstić information content (AvgIpc) is 3.07. The highest BCUT2D eigenvalue weighted by Crippen LogP contribution is 2.39. The van der Waals surface area contributed by atoms with Gasteiger partial charge in [0.1, 0.15) is 17.2 Å². The zero-order valence-electron chi connectivity index (χ0n) is 26.7. The molecule has 1 fully saturated rings. The van der Waals surface area contributed by atoms with Gasteiger partial charge in [-0.3, -0.25) is 9.59 Å². The molecule has 4 amide bonds. The minimum Gasteiger partial charge on any atom is -0.454 e. The minimum absolute atomic E-state index is 0.0452. The van der Waals surface area contributed by atoms with Crippen molar-refractivity contribution in [1.82, 2.24) is 20.7 Å². The number of amides is 4. The van der Waals surface area contributed by atoms with E-state index in [1.54, 1.807) is 0 Å². The number of allylic oxidation sites excluding steroid dienone is 1. The van der Waals surface area contributed by atoms with Crippen LogP contribution in [0.25, 0.3) is 0 Å². The first-order valence-electron chi connectivity index (χ1n) is 15.7. The molecule has 278 valence electrons. The zero-order chi connectivity index (χ0) is 38.0. The first-order valence-corrected chi connectivity index (χ1v) is 17.2. The summed E-state index contributed by atoms with van der Waals surface area (Å²) in [5, 5.41) is 6.58. The van der Waals surface area contributed by atoms with Gasteiger partial charge in [0.25, 0.3) is 21.8 Å². The van der Waals surface area contributed by atoms with Gasteiger partial charge in [-0.1, -0.05) is 37.5 Å². The standard InChI is InChI=1S/C33H29F7N4O7S/c34-26-24(30(46)41-13-12-16-6-9-19(10-7-16)52(49,50)44-32(48)43-17-4-2-1-3-5-17)27(35)29(37)25(28(26)36)31(47)42-18-8-11-20-21(33(38,39)40)15-23(45)51-22(20)14-18/h6-11,14-15,17,20,22H,1-5,12-13H2,(H,41,46)(H,42,47)(H2,43,44,48). The van der Waals surface area contributed by atoms with E-state index in [1.165, 1.54) is 24.3 Å². The molecule has 0 saturated heterocycles. The number of rotatable bonds is 9. The van der Waals surface area contributed by atoms with Crippen LogP contribution in [0.1, 0.15) is 58.4 Å². The maximum atomic E-state index is 14.9. The molecule has 4 N–H and O–H groups in total. The summed E-state index contributed by atoms with van der Waals surface area (Å²) in [4.78, 5) is 48.8. The van der Waals surface area contributed by atoms with E-state index in [2.05, 4.69) is 10.6 Å². The SMILES string of the molecule is O=C(NC1CCCCC1)NS(=O)(=O)c1ccc(CCNC(=O)c2c(F)c(F)c(C(=O)NC3=CC4OC(=O)C=C(C(F)(F)F)C4C=C3)c(F)c2F)cc1. The number of sulfonamides is 1. The van der Waals surface area contributed by atoms with Crippen LogP contribution < -0.4 is 20.7 Å². The molecular weight excluding hydrogens is 729 g/mol. The Morgan fingerprint density at radius 2 is 1.46 bits per heavy atom. The average molecular weight is 759 g/mol. The Balaban J connectivity index is 1.19. The molecule has 2 aromatic rings. The Morgan fingerprint density at radius 3 is 2.06 bits per heavy atom. The summed E-state index contributed by atoms with van der Waals surface area (Å²) in [5.74, 6) is -15.1. The van der Waals surface area contributed by atoms with E-state index in [0.29, 0.717) is 5.56 Å². The number of nitrogens with one attached hydrogen (secondary N) is 4. The van der Waals surface area contributed by atoms with Crippen LogP contribution in [0.4, 0.5) is 35.5 Å². The third kappa shape index (κ3) is 8.46. The first kappa shape index (κ1) is 38.0. The van der Waals surface area contributed by atoms with Crippen molar-refractivity contribution in [3.8, 4) is 0 Å². The normalized spacial score (nSPS) is 19.1. The molecule has 2 atom stereocenters. The van der Waals surface area contributed by atoms with E-state index in [0.717, 1.165) is 50.3 Å². The van der Waals surface area contributed by atoms with Gasteiger partial charge >= 0.3 is 18.2 Å². The smallest absolute Gasteiger partial charge is 0.413 e. The highest BCUT2D eigenvalue weighted by atomic mass is 32.2. The highest BCUT2D eigenvalue weighted by molar-refractivity contribution is 7.90. The topological polar surface area (TPSA) is 160 Å². The second kappa shape index (κ2) is 15.2. The fourth-order valence-corrected chi connectivity index (χ4v) is 6.81. The largest absolute Gasteiger partial charge is 0.454 e. The lowest BCUT2D eigenvalue weighted by Crippen LogP contribution is -2.45. The van der Waals surface area contributed by atoms with Crippen LogP contribution in [-0.4, -0.2) is 57.1 Å². The molecule has 2 aromatic carbocycles. The highest BCUT2D eigenvalue weighted by Gasteiger charge is 2.45. The number of carbonyl (C=O) groups excluding carboxylic acids is 4. The van der Waals surface area contributed by atoms with Gasteiger partial charge in [-0.15, -0.1) is 0 Å². The van der Waals surface area contributed by atoms with Gasteiger partial charge in [0.05, 0.1) is 10.5 Å². The molecule has 0 aromatic heterocycles. The van der Waals surface area contributed by atoms with Gasteiger partial charge < -0.3 is 20.7 Å². The second-order valence-electron chi connectivity index (χ2n) is 12.0. The fraction of sp³-hybridized carbons (Fsp3) is 0.333. The molecule has 0 radical (unpaired) electrons. The van der Waals surface area contributed by atoms with Crippen LogP contribution in [0.5, 0.6) is 0 Å². The van der Waals surface area contributed by atoms with Crippen molar-refractivity contribution >= 4 is 33.8 Å². The van der Waals surface area contributed by atoms with E-state index < -0.39 is 97.7 Å². The molecule has 52 heavy (non-hydrogen) atoms. The van der Waals surface area contributed by atoms with Crippen molar-refractivity contribution in [2.45, 2.75) is 61.7 Å². The molecule has 3 aliphatic rings. The van der Waals surface area contributed by atoms with Gasteiger partial charge in [0, 0.05) is 30.3 Å². The van der Waals surface area contributed by atoms with Crippen LogP contribution in [0, 0.1) is 29.2 Å². The summed E-state index contributed by atoms with van der Waals surface area (Å²) in [7, 11) is -4.22. The molecule has 0 spiro atoms. The Kier molecular flexibility index (Phi) is 11.1. The molecular formula is C33H29F7N4O7S. The van der Waals surface area contributed by atoms with Gasteiger partial charge in [0.2, 0.25) is 0 Å². The lowest BCUT2D eigenvalue weighted by atomic mass is 9.86. The lowest BCUT2D eigenvalue weighted by molar-refractivity contribution is -0.149. The molecule has 1 saturated carbocycles. The number of esters is 1. The van der Waals surface area contributed by atoms with E-state index >= 15 is 0 Å². The van der Waals surface area contributed by atoms with Crippen LogP contribution in [0.3, 0.4) is 0 Å². The summed E-state index contributed by atoms with van der Waals surface area (Å²) >= 11 is 0. The Bertz CT molecular complexity index is 1960. The molecule has 5 rings (SSSR count). The predicted octanol–water partition coefficient (Wildman–Crippen LogP) is 4.75. The number of alkyl halides is 3. The number of ether oxygens (including phenoxy) is 1. The number of benzene rings is 2. The van der Waals surface area contributed by atoms with Crippen LogP contribution in [-0.2, 0) is 26.0 Å². The summed E-state index contributed by atoms with van der Waals surface area (Å²) in [6.45, 7) is -0.351. The third-order valence-electron chi connectivity index (χ3n) is 8.47. The maximum Gasteiger partial charge on any atom is 0.413 e. The van der Waals surface area contributed by atoms with Crippen LogP contribution in [0.15, 0.2) is 64.7 Å². The molecule has 1 heterocycles. The maximum absolute atomic E-state index is 14.9. The van der Waals surface area contributed by atoms with E-state index in [4.69, 9.17) is 4.74 Å². The van der Waals surface area contributed by atoms with Crippen molar-refractivity contribution in [3.63, 3.8) is 0 Å².